The fourth-order valence-electron chi connectivity index (χ4n) is 1.03. The van der Waals surface area contributed by atoms with Gasteiger partial charge in [-0.2, -0.15) is 5.26 Å². The van der Waals surface area contributed by atoms with E-state index < -0.39 is 0 Å². The number of nitrogens with zero attached hydrogens (tertiary/aromatic N) is 2. The van der Waals surface area contributed by atoms with E-state index in [0.29, 0.717) is 12.2 Å². The normalized spacial score (nSPS) is 10.5. The molecule has 0 unspecified atom stereocenters. The van der Waals surface area contributed by atoms with E-state index in [9.17, 15) is 0 Å². The van der Waals surface area contributed by atoms with Crippen LogP contribution in [0.3, 0.4) is 0 Å². The van der Waals surface area contributed by atoms with Crippen LogP contribution in [0.15, 0.2) is 12.3 Å². The molecular weight excluding hydrogens is 235 g/mol. The first-order valence-corrected chi connectivity index (χ1v) is 3.99. The molecule has 0 aliphatic carbocycles. The number of nitrogens with two attached hydrogens (primary N) is 2. The van der Waals surface area contributed by atoms with Gasteiger partial charge in [0.05, 0.1) is 12.5 Å². The van der Waals surface area contributed by atoms with Crippen molar-refractivity contribution in [2.45, 2.75) is 19.4 Å². The van der Waals surface area contributed by atoms with Gasteiger partial charge in [-0.15, -0.1) is 24.8 Å². The molecule has 0 saturated heterocycles. The molecular formula is C9H14Cl2N4. The lowest BCUT2D eigenvalue weighted by molar-refractivity contribution is 0.743. The molecule has 0 amide bonds. The first-order valence-electron chi connectivity index (χ1n) is 3.99. The van der Waals surface area contributed by atoms with E-state index in [0.717, 1.165) is 11.1 Å². The van der Waals surface area contributed by atoms with E-state index in [2.05, 4.69) is 4.98 Å². The second-order valence-electron chi connectivity index (χ2n) is 2.94. The van der Waals surface area contributed by atoms with Crippen LogP contribution in [0.5, 0.6) is 0 Å². The molecule has 0 saturated carbocycles. The van der Waals surface area contributed by atoms with E-state index >= 15 is 0 Å². The summed E-state index contributed by atoms with van der Waals surface area (Å²) in [6, 6.07) is 3.61. The average Bonchev–Trinajstić information content (AvgIpc) is 2.10. The van der Waals surface area contributed by atoms with Gasteiger partial charge in [0.2, 0.25) is 0 Å². The third-order valence-corrected chi connectivity index (χ3v) is 1.88. The van der Waals surface area contributed by atoms with Crippen molar-refractivity contribution < 1.29 is 0 Å². The first-order chi connectivity index (χ1) is 6.15. The van der Waals surface area contributed by atoms with Crippen LogP contribution in [-0.4, -0.2) is 4.98 Å². The fourth-order valence-corrected chi connectivity index (χ4v) is 1.03. The highest BCUT2D eigenvalue weighted by Crippen LogP contribution is 2.16. The molecule has 4 nitrogen and oxygen atoms in total. The molecule has 4 N–H and O–H groups in total. The van der Waals surface area contributed by atoms with E-state index in [1.54, 1.807) is 6.20 Å². The van der Waals surface area contributed by atoms with Gasteiger partial charge in [-0.3, -0.25) is 0 Å². The van der Waals surface area contributed by atoms with E-state index in [4.69, 9.17) is 16.7 Å². The van der Waals surface area contributed by atoms with E-state index in [-0.39, 0.29) is 30.9 Å². The molecule has 1 atom stereocenters. The molecule has 0 aromatic carbocycles. The third kappa shape index (κ3) is 4.34. The van der Waals surface area contributed by atoms with Gasteiger partial charge in [-0.1, -0.05) is 0 Å². The minimum atomic E-state index is -0.267. The summed E-state index contributed by atoms with van der Waals surface area (Å²) in [4.78, 5) is 3.97. The summed E-state index contributed by atoms with van der Waals surface area (Å²) in [7, 11) is 0. The maximum atomic E-state index is 8.45. The highest BCUT2D eigenvalue weighted by Gasteiger charge is 2.06. The van der Waals surface area contributed by atoms with Gasteiger partial charge in [-0.25, -0.2) is 4.98 Å². The van der Waals surface area contributed by atoms with Gasteiger partial charge in [0.25, 0.3) is 0 Å². The van der Waals surface area contributed by atoms with E-state index in [1.165, 1.54) is 0 Å². The quantitative estimate of drug-likeness (QED) is 0.835. The van der Waals surface area contributed by atoms with Gasteiger partial charge in [-0.05, 0) is 24.1 Å². The van der Waals surface area contributed by atoms with Crippen molar-refractivity contribution in [3.63, 3.8) is 0 Å². The summed E-state index contributed by atoms with van der Waals surface area (Å²) >= 11 is 0. The average molecular weight is 249 g/mol. The number of nitrogen functional groups attached to an aromatic ring is 1. The molecule has 1 heterocycles. The maximum absolute atomic E-state index is 8.45. The molecule has 0 spiro atoms. The van der Waals surface area contributed by atoms with Crippen LogP contribution >= 0.6 is 24.8 Å². The maximum Gasteiger partial charge on any atom is 0.126 e. The number of aryl methyl sites for hydroxylation is 1. The Morgan fingerprint density at radius 3 is 2.60 bits per heavy atom. The molecule has 0 bridgehead atoms. The van der Waals surface area contributed by atoms with Crippen LogP contribution in [0.2, 0.25) is 0 Å². The van der Waals surface area contributed by atoms with Gasteiger partial charge in [0.1, 0.15) is 5.82 Å². The van der Waals surface area contributed by atoms with Gasteiger partial charge in [0, 0.05) is 12.2 Å². The summed E-state index contributed by atoms with van der Waals surface area (Å²) in [6.07, 6.45) is 1.91. The summed E-state index contributed by atoms with van der Waals surface area (Å²) in [6.45, 7) is 1.87. The lowest BCUT2D eigenvalue weighted by atomic mass is 10.1. The van der Waals surface area contributed by atoms with Crippen LogP contribution in [0.1, 0.15) is 23.6 Å². The van der Waals surface area contributed by atoms with Crippen LogP contribution in [0.25, 0.3) is 0 Å². The Kier molecular flexibility index (Phi) is 7.98. The van der Waals surface area contributed by atoms with Crippen molar-refractivity contribution in [3.05, 3.63) is 23.4 Å². The molecule has 15 heavy (non-hydrogen) atoms. The van der Waals surface area contributed by atoms with Crippen molar-refractivity contribution in [3.8, 4) is 6.07 Å². The monoisotopic (exact) mass is 248 g/mol. The lowest BCUT2D eigenvalue weighted by Crippen LogP contribution is -2.10. The summed E-state index contributed by atoms with van der Waals surface area (Å²) in [5.41, 5.74) is 13.0. The Labute approximate surface area is 101 Å². The molecule has 0 aliphatic heterocycles. The number of rotatable bonds is 2. The number of halogens is 2. The number of aromatic nitrogens is 1. The molecule has 1 aromatic rings. The molecule has 0 radical (unpaired) electrons. The number of hydrogen-bond donors (Lipinski definition) is 2. The summed E-state index contributed by atoms with van der Waals surface area (Å²) < 4.78 is 0. The highest BCUT2D eigenvalue weighted by molar-refractivity contribution is 5.85. The van der Waals surface area contributed by atoms with E-state index in [1.807, 2.05) is 19.1 Å². The van der Waals surface area contributed by atoms with Crippen molar-refractivity contribution in [2.75, 3.05) is 5.73 Å². The Hall–Kier alpha value is -1.02. The van der Waals surface area contributed by atoms with Crippen LogP contribution in [0, 0.1) is 18.3 Å². The Morgan fingerprint density at radius 1 is 1.53 bits per heavy atom. The molecule has 1 aromatic heterocycles. The molecule has 0 fully saturated rings. The molecule has 6 heteroatoms. The Balaban J connectivity index is 0. The number of nitriles is 1. The minimum absolute atomic E-state index is 0. The number of hydrogen-bond acceptors (Lipinski definition) is 4. The van der Waals surface area contributed by atoms with Gasteiger partial charge >= 0.3 is 0 Å². The lowest BCUT2D eigenvalue weighted by Gasteiger charge is -2.08. The van der Waals surface area contributed by atoms with Crippen LogP contribution in [-0.2, 0) is 0 Å². The van der Waals surface area contributed by atoms with Crippen molar-refractivity contribution in [1.82, 2.24) is 4.98 Å². The minimum Gasteiger partial charge on any atom is -0.383 e. The van der Waals surface area contributed by atoms with Crippen molar-refractivity contribution >= 4 is 30.6 Å². The molecule has 84 valence electrons. The Morgan fingerprint density at radius 2 is 2.13 bits per heavy atom. The highest BCUT2D eigenvalue weighted by atomic mass is 35.5. The zero-order chi connectivity index (χ0) is 9.84. The molecule has 0 aliphatic rings. The smallest absolute Gasteiger partial charge is 0.126 e. The van der Waals surface area contributed by atoms with Crippen molar-refractivity contribution in [1.29, 1.82) is 5.26 Å². The van der Waals surface area contributed by atoms with Gasteiger partial charge in [0.15, 0.2) is 0 Å². The Bertz CT molecular complexity index is 348. The van der Waals surface area contributed by atoms with Gasteiger partial charge < -0.3 is 11.5 Å². The van der Waals surface area contributed by atoms with Crippen molar-refractivity contribution in [2.24, 2.45) is 5.73 Å². The van der Waals surface area contributed by atoms with Crippen LogP contribution in [0.4, 0.5) is 5.82 Å². The molecule has 1 rings (SSSR count). The first kappa shape index (κ1) is 16.4. The zero-order valence-corrected chi connectivity index (χ0v) is 9.94. The third-order valence-electron chi connectivity index (χ3n) is 1.88. The summed E-state index contributed by atoms with van der Waals surface area (Å²) in [5.74, 6) is 0.507. The summed E-state index contributed by atoms with van der Waals surface area (Å²) in [5, 5.41) is 8.45. The topological polar surface area (TPSA) is 88.7 Å². The SMILES string of the molecule is Cc1cc([C@@H](N)CC#N)cnc1N.Cl.Cl. The second kappa shape index (κ2) is 7.30. The second-order valence-corrected chi connectivity index (χ2v) is 2.94. The number of pyridine rings is 1. The van der Waals surface area contributed by atoms with Crippen LogP contribution < -0.4 is 11.5 Å². The predicted molar refractivity (Wildman–Crippen MR) is 65.0 cm³/mol. The zero-order valence-electron chi connectivity index (χ0n) is 8.30. The predicted octanol–water partition coefficient (Wildman–Crippen LogP) is 1.73. The fraction of sp³-hybridized carbons (Fsp3) is 0.333. The largest absolute Gasteiger partial charge is 0.383 e. The number of anilines is 1. The standard InChI is InChI=1S/C9H12N4.2ClH/c1-6-4-7(5-13-9(6)12)8(11)2-3-10;;/h4-5,8H,2,11H2,1H3,(H2,12,13);2*1H/t8-;;/m0../s1.